The van der Waals surface area contributed by atoms with E-state index in [0.29, 0.717) is 5.69 Å². The molecule has 1 aromatic rings. The Hall–Kier alpha value is -0.870. The second kappa shape index (κ2) is 3.34. The van der Waals surface area contributed by atoms with E-state index in [0.717, 1.165) is 0 Å². The van der Waals surface area contributed by atoms with E-state index in [2.05, 4.69) is 4.72 Å². The zero-order valence-electron chi connectivity index (χ0n) is 5.15. The molecule has 1 atom stereocenters. The maximum absolute atomic E-state index is 10.2. The molecule has 0 fully saturated rings. The van der Waals surface area contributed by atoms with Crippen molar-refractivity contribution in [3.63, 3.8) is 0 Å². The first-order valence-corrected chi connectivity index (χ1v) is 3.82. The first-order chi connectivity index (χ1) is 4.79. The van der Waals surface area contributed by atoms with E-state index in [1.807, 2.05) is 6.07 Å². The Morgan fingerprint density at radius 2 is 1.90 bits per heavy atom. The Bertz CT molecular complexity index is 224. The lowest BCUT2D eigenvalue weighted by Gasteiger charge is -1.97. The van der Waals surface area contributed by atoms with Gasteiger partial charge in [0.25, 0.3) is 11.3 Å². The van der Waals surface area contributed by atoms with Gasteiger partial charge in [-0.2, -0.15) is 0 Å². The second-order valence-electron chi connectivity index (χ2n) is 1.72. The number of anilines is 1. The molecule has 1 unspecified atom stereocenters. The Morgan fingerprint density at radius 1 is 1.30 bits per heavy atom. The van der Waals surface area contributed by atoms with Gasteiger partial charge < -0.3 is 0 Å². The molecule has 0 heterocycles. The molecule has 0 bridgehead atoms. The van der Waals surface area contributed by atoms with E-state index >= 15 is 0 Å². The molecule has 1 aromatic carbocycles. The standard InChI is InChI=1S/C6H7NO2S/c8-10(9)7-6-4-2-1-3-5-6/h1-5,7H,(H,8,9). The van der Waals surface area contributed by atoms with Gasteiger partial charge in [0.05, 0.1) is 0 Å². The Kier molecular flexibility index (Phi) is 2.42. The monoisotopic (exact) mass is 157 g/mol. The quantitative estimate of drug-likeness (QED) is 0.634. The molecule has 0 spiro atoms. The van der Waals surface area contributed by atoms with E-state index in [9.17, 15) is 4.21 Å². The molecule has 1 rings (SSSR count). The van der Waals surface area contributed by atoms with Gasteiger partial charge in [0.2, 0.25) is 0 Å². The zero-order valence-corrected chi connectivity index (χ0v) is 5.97. The molecule has 0 amide bonds. The predicted octanol–water partition coefficient (Wildman–Crippen LogP) is 1.24. The summed E-state index contributed by atoms with van der Waals surface area (Å²) in [5.41, 5.74) is 0.642. The van der Waals surface area contributed by atoms with E-state index in [1.165, 1.54) is 0 Å². The number of para-hydroxylation sites is 1. The van der Waals surface area contributed by atoms with Crippen molar-refractivity contribution in [2.24, 2.45) is 0 Å². The van der Waals surface area contributed by atoms with Gasteiger partial charge in [-0.1, -0.05) is 18.2 Å². The van der Waals surface area contributed by atoms with Crippen molar-refractivity contribution in [2.75, 3.05) is 4.72 Å². The third kappa shape index (κ3) is 2.16. The molecule has 54 valence electrons. The Labute approximate surface area is 61.5 Å². The Balaban J connectivity index is 2.67. The van der Waals surface area contributed by atoms with Gasteiger partial charge in [-0.25, -0.2) is 4.21 Å². The largest absolute Gasteiger partial charge is 0.289 e. The summed E-state index contributed by atoms with van der Waals surface area (Å²) in [6, 6.07) is 8.85. The summed E-state index contributed by atoms with van der Waals surface area (Å²) in [5, 5.41) is 0. The predicted molar refractivity (Wildman–Crippen MR) is 40.8 cm³/mol. The number of hydrogen-bond acceptors (Lipinski definition) is 1. The van der Waals surface area contributed by atoms with Gasteiger partial charge in [0.1, 0.15) is 0 Å². The SMILES string of the molecule is O=S(O)Nc1ccccc1. The maximum atomic E-state index is 10.2. The van der Waals surface area contributed by atoms with Crippen LogP contribution in [0, 0.1) is 0 Å². The summed E-state index contributed by atoms with van der Waals surface area (Å²) in [6.07, 6.45) is 0. The summed E-state index contributed by atoms with van der Waals surface area (Å²) in [5.74, 6) is 0. The van der Waals surface area contributed by atoms with Crippen LogP contribution in [0.3, 0.4) is 0 Å². The van der Waals surface area contributed by atoms with Gasteiger partial charge in [0, 0.05) is 5.69 Å². The van der Waals surface area contributed by atoms with Gasteiger partial charge >= 0.3 is 0 Å². The first-order valence-electron chi connectivity index (χ1n) is 2.71. The molecule has 0 aliphatic carbocycles. The highest BCUT2D eigenvalue weighted by molar-refractivity contribution is 7.80. The van der Waals surface area contributed by atoms with Crippen LogP contribution in [0.25, 0.3) is 0 Å². The molecule has 4 heteroatoms. The van der Waals surface area contributed by atoms with Crippen LogP contribution >= 0.6 is 0 Å². The highest BCUT2D eigenvalue weighted by atomic mass is 32.2. The second-order valence-corrected chi connectivity index (χ2v) is 2.42. The number of hydrogen-bond donors (Lipinski definition) is 2. The number of rotatable bonds is 2. The first kappa shape index (κ1) is 7.24. The van der Waals surface area contributed by atoms with E-state index in [-0.39, 0.29) is 0 Å². The van der Waals surface area contributed by atoms with Crippen molar-refractivity contribution in [3.8, 4) is 0 Å². The Morgan fingerprint density at radius 3 is 2.40 bits per heavy atom. The van der Waals surface area contributed by atoms with Crippen LogP contribution in [-0.4, -0.2) is 8.76 Å². The molecule has 0 aliphatic heterocycles. The zero-order chi connectivity index (χ0) is 7.40. The van der Waals surface area contributed by atoms with Crippen molar-refractivity contribution >= 4 is 17.0 Å². The average Bonchev–Trinajstić information content (AvgIpc) is 1.88. The van der Waals surface area contributed by atoms with Crippen LogP contribution in [0.5, 0.6) is 0 Å². The molecule has 0 aromatic heterocycles. The van der Waals surface area contributed by atoms with Crippen LogP contribution in [0.2, 0.25) is 0 Å². The third-order valence-corrected chi connectivity index (χ3v) is 1.39. The van der Waals surface area contributed by atoms with Crippen molar-refractivity contribution in [1.82, 2.24) is 0 Å². The highest BCUT2D eigenvalue weighted by Gasteiger charge is 1.90. The lowest BCUT2D eigenvalue weighted by atomic mass is 10.3. The summed E-state index contributed by atoms with van der Waals surface area (Å²) in [7, 11) is 0. The molecule has 10 heavy (non-hydrogen) atoms. The fraction of sp³-hybridized carbons (Fsp3) is 0. The van der Waals surface area contributed by atoms with Crippen molar-refractivity contribution < 1.29 is 8.76 Å². The fourth-order valence-electron chi connectivity index (χ4n) is 0.607. The topological polar surface area (TPSA) is 49.3 Å². The molecule has 0 radical (unpaired) electrons. The minimum Gasteiger partial charge on any atom is -0.289 e. The van der Waals surface area contributed by atoms with Gasteiger partial charge in [0.15, 0.2) is 0 Å². The summed E-state index contributed by atoms with van der Waals surface area (Å²) in [6.45, 7) is 0. The van der Waals surface area contributed by atoms with Crippen LogP contribution in [-0.2, 0) is 11.3 Å². The highest BCUT2D eigenvalue weighted by Crippen LogP contribution is 2.04. The molecular formula is C6H7NO2S. The smallest absolute Gasteiger partial charge is 0.259 e. The van der Waals surface area contributed by atoms with Gasteiger partial charge in [-0.05, 0) is 12.1 Å². The minimum atomic E-state index is -1.97. The summed E-state index contributed by atoms with van der Waals surface area (Å²) in [4.78, 5) is 0. The molecule has 0 saturated carbocycles. The normalized spacial score (nSPS) is 12.5. The van der Waals surface area contributed by atoms with Crippen molar-refractivity contribution in [2.45, 2.75) is 0 Å². The summed E-state index contributed by atoms with van der Waals surface area (Å²) < 4.78 is 20.9. The number of benzene rings is 1. The molecule has 3 nitrogen and oxygen atoms in total. The molecule has 0 aliphatic rings. The van der Waals surface area contributed by atoms with Crippen LogP contribution < -0.4 is 4.72 Å². The van der Waals surface area contributed by atoms with Crippen LogP contribution in [0.15, 0.2) is 30.3 Å². The molecular weight excluding hydrogens is 150 g/mol. The average molecular weight is 157 g/mol. The fourth-order valence-corrected chi connectivity index (χ4v) is 0.945. The lowest BCUT2D eigenvalue weighted by molar-refractivity contribution is 0.570. The van der Waals surface area contributed by atoms with Crippen molar-refractivity contribution in [1.29, 1.82) is 0 Å². The third-order valence-electron chi connectivity index (χ3n) is 0.979. The minimum absolute atomic E-state index is 0.642. The van der Waals surface area contributed by atoms with E-state index < -0.39 is 11.3 Å². The van der Waals surface area contributed by atoms with Crippen LogP contribution in [0.1, 0.15) is 0 Å². The molecule has 0 saturated heterocycles. The van der Waals surface area contributed by atoms with E-state index in [4.69, 9.17) is 4.55 Å². The van der Waals surface area contributed by atoms with Gasteiger partial charge in [-0.3, -0.25) is 9.27 Å². The molecule has 2 N–H and O–H groups in total. The van der Waals surface area contributed by atoms with Gasteiger partial charge in [-0.15, -0.1) is 0 Å². The van der Waals surface area contributed by atoms with E-state index in [1.54, 1.807) is 24.3 Å². The van der Waals surface area contributed by atoms with Crippen molar-refractivity contribution in [3.05, 3.63) is 30.3 Å². The lowest BCUT2D eigenvalue weighted by Crippen LogP contribution is -2.00. The maximum Gasteiger partial charge on any atom is 0.259 e. The van der Waals surface area contributed by atoms with Crippen LogP contribution in [0.4, 0.5) is 5.69 Å². The number of nitrogens with one attached hydrogen (secondary N) is 1. The summed E-state index contributed by atoms with van der Waals surface area (Å²) >= 11 is -1.97.